The molecule has 1 aliphatic rings. The molecule has 0 aromatic carbocycles. The van der Waals surface area contributed by atoms with E-state index in [1.807, 2.05) is 0 Å². The van der Waals surface area contributed by atoms with Gasteiger partial charge in [0.05, 0.1) is 6.54 Å². The van der Waals surface area contributed by atoms with Gasteiger partial charge in [-0.15, -0.1) is 0 Å². The third-order valence-corrected chi connectivity index (χ3v) is 2.65. The van der Waals surface area contributed by atoms with Gasteiger partial charge >= 0.3 is 0 Å². The van der Waals surface area contributed by atoms with Gasteiger partial charge in [0.2, 0.25) is 5.91 Å². The van der Waals surface area contributed by atoms with Crippen LogP contribution in [0.25, 0.3) is 0 Å². The standard InChI is InChI=1S/C10H13ClN4O2/c11-7-3-8(13-4-6(16)9(12)17)15-10(14-7)5-1-2-5/h3,5-6,16H,1-2,4H2,(H2,12,17)(H,13,14,15). The van der Waals surface area contributed by atoms with Gasteiger partial charge < -0.3 is 16.2 Å². The Morgan fingerprint density at radius 2 is 2.35 bits per heavy atom. The van der Waals surface area contributed by atoms with Gasteiger partial charge in [-0.05, 0) is 12.8 Å². The fourth-order valence-corrected chi connectivity index (χ4v) is 1.54. The normalized spacial score (nSPS) is 16.6. The Bertz CT molecular complexity index is 436. The first-order chi connectivity index (χ1) is 8.06. The quantitative estimate of drug-likeness (QED) is 0.656. The van der Waals surface area contributed by atoms with Crippen LogP contribution >= 0.6 is 11.6 Å². The maximum absolute atomic E-state index is 10.6. The number of nitrogens with two attached hydrogens (primary N) is 1. The molecule has 1 aliphatic carbocycles. The molecule has 0 aliphatic heterocycles. The Morgan fingerprint density at radius 3 is 2.94 bits per heavy atom. The van der Waals surface area contributed by atoms with Crippen LogP contribution in [0.4, 0.5) is 5.82 Å². The summed E-state index contributed by atoms with van der Waals surface area (Å²) in [7, 11) is 0. The molecule has 1 aromatic heterocycles. The van der Waals surface area contributed by atoms with E-state index in [-0.39, 0.29) is 6.54 Å². The summed E-state index contributed by atoms with van der Waals surface area (Å²) in [6, 6.07) is 1.54. The van der Waals surface area contributed by atoms with Gasteiger partial charge in [0.1, 0.15) is 22.9 Å². The van der Waals surface area contributed by atoms with Crippen molar-refractivity contribution in [3.8, 4) is 0 Å². The Hall–Kier alpha value is -1.40. The summed E-state index contributed by atoms with van der Waals surface area (Å²) in [6.45, 7) is 0.00673. The predicted octanol–water partition coefficient (Wildman–Crippen LogP) is 0.265. The highest BCUT2D eigenvalue weighted by Gasteiger charge is 2.27. The maximum Gasteiger partial charge on any atom is 0.248 e. The van der Waals surface area contributed by atoms with E-state index in [2.05, 4.69) is 15.3 Å². The van der Waals surface area contributed by atoms with E-state index in [1.165, 1.54) is 0 Å². The van der Waals surface area contributed by atoms with E-state index in [4.69, 9.17) is 17.3 Å². The second-order valence-electron chi connectivity index (χ2n) is 4.01. The van der Waals surface area contributed by atoms with Gasteiger partial charge in [0, 0.05) is 12.0 Å². The smallest absolute Gasteiger partial charge is 0.248 e. The molecule has 4 N–H and O–H groups in total. The molecule has 1 saturated carbocycles. The number of carbonyl (C=O) groups is 1. The molecule has 1 heterocycles. The molecule has 0 spiro atoms. The first-order valence-corrected chi connectivity index (χ1v) is 5.70. The van der Waals surface area contributed by atoms with Crippen molar-refractivity contribution in [2.45, 2.75) is 24.9 Å². The summed E-state index contributed by atoms with van der Waals surface area (Å²) < 4.78 is 0. The van der Waals surface area contributed by atoms with Crippen molar-refractivity contribution >= 4 is 23.3 Å². The summed E-state index contributed by atoms with van der Waals surface area (Å²) in [5.74, 6) is 0.802. The van der Waals surface area contributed by atoms with Crippen LogP contribution in [0.5, 0.6) is 0 Å². The largest absolute Gasteiger partial charge is 0.381 e. The molecule has 1 amide bonds. The van der Waals surface area contributed by atoms with Crippen molar-refractivity contribution in [2.75, 3.05) is 11.9 Å². The van der Waals surface area contributed by atoms with E-state index >= 15 is 0 Å². The predicted molar refractivity (Wildman–Crippen MR) is 62.7 cm³/mol. The van der Waals surface area contributed by atoms with Crippen LogP contribution in [0, 0.1) is 0 Å². The topological polar surface area (TPSA) is 101 Å². The summed E-state index contributed by atoms with van der Waals surface area (Å²) >= 11 is 5.85. The molecule has 0 saturated heterocycles. The van der Waals surface area contributed by atoms with E-state index in [0.717, 1.165) is 12.8 Å². The van der Waals surface area contributed by atoms with Gasteiger partial charge in [-0.25, -0.2) is 9.97 Å². The molecule has 92 valence electrons. The summed E-state index contributed by atoms with van der Waals surface area (Å²) in [6.07, 6.45) is 0.904. The van der Waals surface area contributed by atoms with Crippen LogP contribution in [0.2, 0.25) is 5.15 Å². The third kappa shape index (κ3) is 3.28. The SMILES string of the molecule is NC(=O)C(O)CNc1cc(Cl)nc(C2CC2)n1. The zero-order chi connectivity index (χ0) is 12.4. The van der Waals surface area contributed by atoms with Gasteiger partial charge in [-0.3, -0.25) is 4.79 Å². The molecule has 1 fully saturated rings. The van der Waals surface area contributed by atoms with E-state index < -0.39 is 12.0 Å². The number of hydrogen-bond acceptors (Lipinski definition) is 5. The minimum Gasteiger partial charge on any atom is -0.381 e. The van der Waals surface area contributed by atoms with Crippen molar-refractivity contribution in [1.29, 1.82) is 0 Å². The minimum absolute atomic E-state index is 0.00673. The van der Waals surface area contributed by atoms with Crippen LogP contribution in [0.15, 0.2) is 6.07 Å². The number of primary amides is 1. The number of rotatable bonds is 5. The maximum atomic E-state index is 10.6. The van der Waals surface area contributed by atoms with E-state index in [9.17, 15) is 9.90 Å². The lowest BCUT2D eigenvalue weighted by Gasteiger charge is -2.10. The average Bonchev–Trinajstić information content (AvgIpc) is 3.08. The van der Waals surface area contributed by atoms with Gasteiger partial charge in [0.25, 0.3) is 0 Å². The van der Waals surface area contributed by atoms with E-state index in [1.54, 1.807) is 6.07 Å². The number of halogens is 1. The number of nitrogens with zero attached hydrogens (tertiary/aromatic N) is 2. The number of amides is 1. The highest BCUT2D eigenvalue weighted by atomic mass is 35.5. The van der Waals surface area contributed by atoms with Crippen molar-refractivity contribution in [3.05, 3.63) is 17.0 Å². The zero-order valence-electron chi connectivity index (χ0n) is 9.06. The zero-order valence-corrected chi connectivity index (χ0v) is 9.81. The van der Waals surface area contributed by atoms with Crippen molar-refractivity contribution < 1.29 is 9.90 Å². The summed E-state index contributed by atoms with van der Waals surface area (Å²) in [5, 5.41) is 12.4. The third-order valence-electron chi connectivity index (χ3n) is 2.46. The molecule has 7 heteroatoms. The first-order valence-electron chi connectivity index (χ1n) is 5.32. The first kappa shape index (κ1) is 12.1. The molecular formula is C10H13ClN4O2. The molecule has 2 rings (SSSR count). The molecular weight excluding hydrogens is 244 g/mol. The fraction of sp³-hybridized carbons (Fsp3) is 0.500. The number of carbonyl (C=O) groups excluding carboxylic acids is 1. The lowest BCUT2D eigenvalue weighted by molar-refractivity contribution is -0.125. The molecule has 1 unspecified atom stereocenters. The number of aromatic nitrogens is 2. The highest BCUT2D eigenvalue weighted by molar-refractivity contribution is 6.29. The van der Waals surface area contributed by atoms with Crippen LogP contribution in [0.3, 0.4) is 0 Å². The minimum atomic E-state index is -1.24. The number of nitrogens with one attached hydrogen (secondary N) is 1. The molecule has 1 atom stereocenters. The average molecular weight is 257 g/mol. The molecule has 0 bridgehead atoms. The molecule has 0 radical (unpaired) electrons. The summed E-state index contributed by atoms with van der Waals surface area (Å²) in [5.41, 5.74) is 4.93. The van der Waals surface area contributed by atoms with Crippen LogP contribution in [-0.2, 0) is 4.79 Å². The highest BCUT2D eigenvalue weighted by Crippen LogP contribution is 2.38. The number of aliphatic hydroxyl groups is 1. The Balaban J connectivity index is 2.02. The summed E-state index contributed by atoms with van der Waals surface area (Å²) in [4.78, 5) is 19.0. The van der Waals surface area contributed by atoms with Crippen molar-refractivity contribution in [2.24, 2.45) is 5.73 Å². The Kier molecular flexibility index (Phi) is 3.44. The van der Waals surface area contributed by atoms with Gasteiger partial charge in [-0.1, -0.05) is 11.6 Å². The van der Waals surface area contributed by atoms with E-state index in [0.29, 0.717) is 22.7 Å². The molecule has 17 heavy (non-hydrogen) atoms. The van der Waals surface area contributed by atoms with Gasteiger partial charge in [-0.2, -0.15) is 0 Å². The van der Waals surface area contributed by atoms with Crippen LogP contribution < -0.4 is 11.1 Å². The Morgan fingerprint density at radius 1 is 1.65 bits per heavy atom. The Labute approximate surface area is 103 Å². The fourth-order valence-electron chi connectivity index (χ4n) is 1.35. The second-order valence-corrected chi connectivity index (χ2v) is 4.39. The van der Waals surface area contributed by atoms with Crippen molar-refractivity contribution in [3.63, 3.8) is 0 Å². The van der Waals surface area contributed by atoms with Crippen LogP contribution in [0.1, 0.15) is 24.6 Å². The second kappa shape index (κ2) is 4.85. The number of anilines is 1. The molecule has 1 aromatic rings. The molecule has 6 nitrogen and oxygen atoms in total. The van der Waals surface area contributed by atoms with Gasteiger partial charge in [0.15, 0.2) is 0 Å². The number of hydrogen-bond donors (Lipinski definition) is 3. The van der Waals surface area contributed by atoms with Crippen molar-refractivity contribution in [1.82, 2.24) is 9.97 Å². The monoisotopic (exact) mass is 256 g/mol. The number of aliphatic hydroxyl groups excluding tert-OH is 1. The lowest BCUT2D eigenvalue weighted by Crippen LogP contribution is -2.34. The van der Waals surface area contributed by atoms with Crippen LogP contribution in [-0.4, -0.2) is 33.6 Å². The lowest BCUT2D eigenvalue weighted by atomic mass is 10.3.